The van der Waals surface area contributed by atoms with Crippen molar-refractivity contribution < 1.29 is 18.0 Å². The van der Waals surface area contributed by atoms with Crippen LogP contribution in [0.5, 0.6) is 0 Å². The number of fused-ring (bicyclic) bond motifs is 1. The fraction of sp³-hybridized carbons (Fsp3) is 0.579. The highest BCUT2D eigenvalue weighted by atomic mass is 32.2. The van der Waals surface area contributed by atoms with E-state index in [1.807, 2.05) is 6.92 Å². The number of carbonyl (C=O) groups excluding carboxylic acids is 2. The molecule has 1 unspecified atom stereocenters. The lowest BCUT2D eigenvalue weighted by Gasteiger charge is -2.23. The SMILES string of the molecule is CCC1Sc2ccc(S(=O)(=O)CCC(=O)NC3CCCCC3)cc2NC1=O. The minimum Gasteiger partial charge on any atom is -0.353 e. The zero-order valence-corrected chi connectivity index (χ0v) is 17.1. The zero-order valence-electron chi connectivity index (χ0n) is 15.5. The van der Waals surface area contributed by atoms with E-state index in [-0.39, 0.29) is 40.2 Å². The molecule has 0 saturated heterocycles. The molecule has 148 valence electrons. The van der Waals surface area contributed by atoms with Gasteiger partial charge in [0.1, 0.15) is 0 Å². The van der Waals surface area contributed by atoms with Crippen LogP contribution >= 0.6 is 11.8 Å². The molecule has 3 rings (SSSR count). The Hall–Kier alpha value is -1.54. The summed E-state index contributed by atoms with van der Waals surface area (Å²) in [5, 5.41) is 5.59. The first kappa shape index (κ1) is 20.2. The summed E-state index contributed by atoms with van der Waals surface area (Å²) in [5.41, 5.74) is 0.530. The van der Waals surface area contributed by atoms with Gasteiger partial charge in [0, 0.05) is 17.4 Å². The molecule has 2 N–H and O–H groups in total. The van der Waals surface area contributed by atoms with Gasteiger partial charge in [0.25, 0.3) is 0 Å². The van der Waals surface area contributed by atoms with Crippen LogP contribution in [0.3, 0.4) is 0 Å². The third kappa shape index (κ3) is 5.04. The second-order valence-corrected chi connectivity index (χ2v) is 10.5. The molecule has 1 aliphatic carbocycles. The van der Waals surface area contributed by atoms with E-state index in [1.54, 1.807) is 12.1 Å². The molecular weight excluding hydrogens is 384 g/mol. The molecule has 27 heavy (non-hydrogen) atoms. The Labute approximate surface area is 164 Å². The van der Waals surface area contributed by atoms with Crippen LogP contribution in [0.4, 0.5) is 5.69 Å². The monoisotopic (exact) mass is 410 g/mol. The number of sulfone groups is 1. The normalized spacial score (nSPS) is 20.6. The molecular formula is C19H26N2O4S2. The van der Waals surface area contributed by atoms with Crippen LogP contribution in [0, 0.1) is 0 Å². The quantitative estimate of drug-likeness (QED) is 0.752. The van der Waals surface area contributed by atoms with Crippen molar-refractivity contribution in [2.24, 2.45) is 0 Å². The lowest BCUT2D eigenvalue weighted by Crippen LogP contribution is -2.36. The molecule has 6 nitrogen and oxygen atoms in total. The van der Waals surface area contributed by atoms with E-state index >= 15 is 0 Å². The average Bonchev–Trinajstić information content (AvgIpc) is 2.66. The molecule has 1 aliphatic heterocycles. The summed E-state index contributed by atoms with van der Waals surface area (Å²) >= 11 is 1.45. The molecule has 0 spiro atoms. The number of anilines is 1. The molecule has 0 aromatic heterocycles. The predicted octanol–water partition coefficient (Wildman–Crippen LogP) is 3.12. The van der Waals surface area contributed by atoms with Crippen LogP contribution in [-0.4, -0.2) is 37.3 Å². The highest BCUT2D eigenvalue weighted by Gasteiger charge is 2.27. The number of carbonyl (C=O) groups is 2. The van der Waals surface area contributed by atoms with Crippen LogP contribution in [0.25, 0.3) is 0 Å². The molecule has 1 aromatic carbocycles. The zero-order chi connectivity index (χ0) is 19.4. The van der Waals surface area contributed by atoms with E-state index in [9.17, 15) is 18.0 Å². The molecule has 2 amide bonds. The number of amides is 2. The van der Waals surface area contributed by atoms with Crippen LogP contribution in [0.15, 0.2) is 28.0 Å². The van der Waals surface area contributed by atoms with Crippen LogP contribution < -0.4 is 10.6 Å². The Morgan fingerprint density at radius 2 is 2.00 bits per heavy atom. The van der Waals surface area contributed by atoms with Crippen molar-refractivity contribution in [2.75, 3.05) is 11.1 Å². The Morgan fingerprint density at radius 3 is 2.70 bits per heavy atom. The molecule has 0 bridgehead atoms. The maximum absolute atomic E-state index is 12.6. The summed E-state index contributed by atoms with van der Waals surface area (Å²) in [6.07, 6.45) is 6.04. The molecule has 2 aliphatic rings. The number of nitrogens with one attached hydrogen (secondary N) is 2. The molecule has 1 saturated carbocycles. The Morgan fingerprint density at radius 1 is 1.26 bits per heavy atom. The van der Waals surface area contributed by atoms with E-state index in [0.717, 1.165) is 30.6 Å². The van der Waals surface area contributed by atoms with Gasteiger partial charge in [-0.05, 0) is 37.5 Å². The van der Waals surface area contributed by atoms with Gasteiger partial charge < -0.3 is 10.6 Å². The van der Waals surface area contributed by atoms with Gasteiger partial charge in [-0.1, -0.05) is 26.2 Å². The van der Waals surface area contributed by atoms with Gasteiger partial charge in [-0.25, -0.2) is 8.42 Å². The van der Waals surface area contributed by atoms with Crippen molar-refractivity contribution in [3.8, 4) is 0 Å². The molecule has 8 heteroatoms. The summed E-state index contributed by atoms with van der Waals surface area (Å²) < 4.78 is 25.2. The first-order chi connectivity index (χ1) is 12.9. The standard InChI is InChI=1S/C19H26N2O4S2/c1-2-16-19(23)21-15-12-14(8-9-17(15)26-16)27(24,25)11-10-18(22)20-13-6-4-3-5-7-13/h8-9,12-13,16H,2-7,10-11H2,1H3,(H,20,22)(H,21,23). The fourth-order valence-electron chi connectivity index (χ4n) is 3.48. The maximum atomic E-state index is 12.6. The smallest absolute Gasteiger partial charge is 0.237 e. The number of hydrogen-bond acceptors (Lipinski definition) is 5. The average molecular weight is 411 g/mol. The molecule has 1 atom stereocenters. The Bertz CT molecular complexity index is 817. The largest absolute Gasteiger partial charge is 0.353 e. The summed E-state index contributed by atoms with van der Waals surface area (Å²) in [5.74, 6) is -0.544. The first-order valence-electron chi connectivity index (χ1n) is 9.52. The molecule has 1 heterocycles. The number of benzene rings is 1. The topological polar surface area (TPSA) is 92.3 Å². The summed E-state index contributed by atoms with van der Waals surface area (Å²) in [6, 6.07) is 4.97. The van der Waals surface area contributed by atoms with Crippen molar-refractivity contribution >= 4 is 39.1 Å². The van der Waals surface area contributed by atoms with E-state index in [4.69, 9.17) is 0 Å². The highest BCUT2D eigenvalue weighted by molar-refractivity contribution is 8.01. The number of rotatable bonds is 6. The first-order valence-corrected chi connectivity index (χ1v) is 12.1. The predicted molar refractivity (Wildman–Crippen MR) is 107 cm³/mol. The van der Waals surface area contributed by atoms with Crippen molar-refractivity contribution in [1.82, 2.24) is 5.32 Å². The van der Waals surface area contributed by atoms with E-state index < -0.39 is 9.84 Å². The van der Waals surface area contributed by atoms with Gasteiger partial charge in [0.2, 0.25) is 11.8 Å². The highest BCUT2D eigenvalue weighted by Crippen LogP contribution is 2.38. The van der Waals surface area contributed by atoms with Gasteiger partial charge in [-0.2, -0.15) is 0 Å². The lowest BCUT2D eigenvalue weighted by molar-refractivity contribution is -0.121. The number of thioether (sulfide) groups is 1. The molecule has 1 aromatic rings. The minimum atomic E-state index is -3.59. The van der Waals surface area contributed by atoms with Crippen molar-refractivity contribution in [1.29, 1.82) is 0 Å². The van der Waals surface area contributed by atoms with Gasteiger partial charge in [-0.15, -0.1) is 11.8 Å². The minimum absolute atomic E-state index is 0.0467. The van der Waals surface area contributed by atoms with Crippen LogP contribution in [-0.2, 0) is 19.4 Å². The molecule has 1 fully saturated rings. The summed E-state index contributed by atoms with van der Waals surface area (Å²) in [4.78, 5) is 25.1. The maximum Gasteiger partial charge on any atom is 0.237 e. The third-order valence-corrected chi connectivity index (χ3v) is 8.22. The van der Waals surface area contributed by atoms with Crippen molar-refractivity contribution in [2.45, 2.75) is 73.0 Å². The van der Waals surface area contributed by atoms with Gasteiger partial charge in [-0.3, -0.25) is 9.59 Å². The van der Waals surface area contributed by atoms with Crippen LogP contribution in [0.2, 0.25) is 0 Å². The molecule has 0 radical (unpaired) electrons. The lowest BCUT2D eigenvalue weighted by atomic mass is 9.95. The van der Waals surface area contributed by atoms with Gasteiger partial charge >= 0.3 is 0 Å². The Balaban J connectivity index is 1.62. The van der Waals surface area contributed by atoms with E-state index in [1.165, 1.54) is 24.2 Å². The second-order valence-electron chi connectivity index (χ2n) is 7.13. The summed E-state index contributed by atoms with van der Waals surface area (Å²) in [6.45, 7) is 1.94. The van der Waals surface area contributed by atoms with Crippen molar-refractivity contribution in [3.05, 3.63) is 18.2 Å². The van der Waals surface area contributed by atoms with Gasteiger partial charge in [0.05, 0.1) is 21.6 Å². The summed E-state index contributed by atoms with van der Waals surface area (Å²) in [7, 11) is -3.59. The second kappa shape index (κ2) is 8.65. The van der Waals surface area contributed by atoms with Gasteiger partial charge in [0.15, 0.2) is 9.84 Å². The fourth-order valence-corrected chi connectivity index (χ4v) is 5.77. The Kier molecular flexibility index (Phi) is 6.47. The van der Waals surface area contributed by atoms with Crippen molar-refractivity contribution in [3.63, 3.8) is 0 Å². The van der Waals surface area contributed by atoms with E-state index in [2.05, 4.69) is 10.6 Å². The third-order valence-electron chi connectivity index (χ3n) is 5.07. The van der Waals surface area contributed by atoms with E-state index in [0.29, 0.717) is 12.1 Å². The van der Waals surface area contributed by atoms with Crippen LogP contribution in [0.1, 0.15) is 51.9 Å². The number of hydrogen-bond donors (Lipinski definition) is 2.